The third-order valence-electron chi connectivity index (χ3n) is 4.69. The zero-order valence-corrected chi connectivity index (χ0v) is 16.1. The van der Waals surface area contributed by atoms with Crippen LogP contribution < -0.4 is 10.1 Å². The van der Waals surface area contributed by atoms with Crippen molar-refractivity contribution in [1.82, 2.24) is 4.90 Å². The second-order valence-electron chi connectivity index (χ2n) is 7.38. The molecule has 3 aromatic rings. The average Bonchev–Trinajstić information content (AvgIpc) is 3.22. The minimum absolute atomic E-state index is 0.0238. The van der Waals surface area contributed by atoms with Gasteiger partial charge in [0.15, 0.2) is 0 Å². The second kappa shape index (κ2) is 7.80. The first-order valence-electron chi connectivity index (χ1n) is 9.53. The number of carbonyl (C=O) groups is 1. The van der Waals surface area contributed by atoms with Gasteiger partial charge in [-0.1, -0.05) is 38.1 Å². The number of hydrogen-bond acceptors (Lipinski definition) is 4. The van der Waals surface area contributed by atoms with E-state index >= 15 is 0 Å². The SMILES string of the molecule is CC(C)COc1cccc(C2Nc3ccccc3C(=O)N2Cc2ccco2)c1. The van der Waals surface area contributed by atoms with Crippen molar-refractivity contribution in [3.8, 4) is 5.75 Å². The largest absolute Gasteiger partial charge is 0.493 e. The Morgan fingerprint density at radius 2 is 1.96 bits per heavy atom. The van der Waals surface area contributed by atoms with E-state index in [1.807, 2.05) is 60.7 Å². The molecule has 0 saturated heterocycles. The Balaban J connectivity index is 1.68. The first-order valence-corrected chi connectivity index (χ1v) is 9.53. The number of fused-ring (bicyclic) bond motifs is 1. The van der Waals surface area contributed by atoms with Crippen LogP contribution in [0.3, 0.4) is 0 Å². The summed E-state index contributed by atoms with van der Waals surface area (Å²) in [4.78, 5) is 15.0. The topological polar surface area (TPSA) is 54.7 Å². The number of nitrogens with zero attached hydrogens (tertiary/aromatic N) is 1. The highest BCUT2D eigenvalue weighted by Crippen LogP contribution is 2.35. The number of nitrogens with one attached hydrogen (secondary N) is 1. The molecule has 144 valence electrons. The Morgan fingerprint density at radius 3 is 2.75 bits per heavy atom. The first kappa shape index (κ1) is 18.2. The fraction of sp³-hybridized carbons (Fsp3) is 0.261. The van der Waals surface area contributed by atoms with Crippen LogP contribution in [0.25, 0.3) is 0 Å². The molecule has 1 unspecified atom stereocenters. The van der Waals surface area contributed by atoms with Gasteiger partial charge in [0, 0.05) is 5.69 Å². The number of furan rings is 1. The van der Waals surface area contributed by atoms with Crippen LogP contribution in [0.1, 0.15) is 41.7 Å². The average molecular weight is 376 g/mol. The summed E-state index contributed by atoms with van der Waals surface area (Å²) in [5.41, 5.74) is 2.47. The second-order valence-corrected chi connectivity index (χ2v) is 7.38. The molecule has 1 atom stereocenters. The van der Waals surface area contributed by atoms with Crippen LogP contribution in [0.15, 0.2) is 71.3 Å². The van der Waals surface area contributed by atoms with Gasteiger partial charge in [0.05, 0.1) is 25.0 Å². The highest BCUT2D eigenvalue weighted by Gasteiger charge is 2.33. The third kappa shape index (κ3) is 3.74. The smallest absolute Gasteiger partial charge is 0.258 e. The zero-order valence-electron chi connectivity index (χ0n) is 16.1. The van der Waals surface area contributed by atoms with Gasteiger partial charge in [-0.05, 0) is 47.9 Å². The van der Waals surface area contributed by atoms with Gasteiger partial charge in [0.2, 0.25) is 0 Å². The van der Waals surface area contributed by atoms with Crippen molar-refractivity contribution in [3.63, 3.8) is 0 Å². The maximum Gasteiger partial charge on any atom is 0.258 e. The Hall–Kier alpha value is -3.21. The number of rotatable bonds is 6. The number of para-hydroxylation sites is 1. The molecule has 28 heavy (non-hydrogen) atoms. The summed E-state index contributed by atoms with van der Waals surface area (Å²) in [6.45, 7) is 5.27. The Bertz CT molecular complexity index is 950. The predicted octanol–water partition coefficient (Wildman–Crippen LogP) is 5.08. The molecule has 1 aromatic heterocycles. The summed E-state index contributed by atoms with van der Waals surface area (Å²) in [6, 6.07) is 19.2. The standard InChI is InChI=1S/C23H24N2O3/c1-16(2)15-28-18-8-5-7-17(13-18)22-24-21-11-4-3-10-20(21)23(26)25(22)14-19-9-6-12-27-19/h3-13,16,22,24H,14-15H2,1-2H3. The number of carbonyl (C=O) groups excluding carboxylic acids is 1. The lowest BCUT2D eigenvalue weighted by molar-refractivity contribution is 0.0651. The minimum atomic E-state index is -0.310. The molecule has 5 heteroatoms. The van der Waals surface area contributed by atoms with Crippen molar-refractivity contribution in [3.05, 3.63) is 83.8 Å². The summed E-state index contributed by atoms with van der Waals surface area (Å²) in [5.74, 6) is 1.97. The van der Waals surface area contributed by atoms with E-state index in [1.54, 1.807) is 11.2 Å². The maximum atomic E-state index is 13.2. The molecule has 0 aliphatic carbocycles. The van der Waals surface area contributed by atoms with Crippen LogP contribution >= 0.6 is 0 Å². The zero-order chi connectivity index (χ0) is 19.5. The normalized spacial score (nSPS) is 16.0. The van der Waals surface area contributed by atoms with Crippen molar-refractivity contribution >= 4 is 11.6 Å². The van der Waals surface area contributed by atoms with Gasteiger partial charge >= 0.3 is 0 Å². The first-order chi connectivity index (χ1) is 13.6. The van der Waals surface area contributed by atoms with Crippen molar-refractivity contribution in [2.45, 2.75) is 26.6 Å². The molecule has 0 fully saturated rings. The summed E-state index contributed by atoms with van der Waals surface area (Å²) in [6.07, 6.45) is 1.32. The van der Waals surface area contributed by atoms with Crippen molar-refractivity contribution in [2.75, 3.05) is 11.9 Å². The Labute approximate surface area is 164 Å². The molecule has 2 aromatic carbocycles. The summed E-state index contributed by atoms with van der Waals surface area (Å²) in [5, 5.41) is 3.51. The van der Waals surface area contributed by atoms with Crippen LogP contribution in [-0.2, 0) is 6.54 Å². The number of anilines is 1. The molecule has 0 bridgehead atoms. The van der Waals surface area contributed by atoms with E-state index in [9.17, 15) is 4.79 Å². The van der Waals surface area contributed by atoms with E-state index in [-0.39, 0.29) is 12.1 Å². The predicted molar refractivity (Wildman–Crippen MR) is 108 cm³/mol. The number of ether oxygens (including phenoxy) is 1. The number of hydrogen-bond donors (Lipinski definition) is 1. The van der Waals surface area contributed by atoms with Gasteiger partial charge in [-0.25, -0.2) is 0 Å². The fourth-order valence-corrected chi connectivity index (χ4v) is 3.33. The Morgan fingerprint density at radius 1 is 1.11 bits per heavy atom. The lowest BCUT2D eigenvalue weighted by atomic mass is 10.0. The molecule has 1 N–H and O–H groups in total. The van der Waals surface area contributed by atoms with Crippen LogP contribution in [-0.4, -0.2) is 17.4 Å². The monoisotopic (exact) mass is 376 g/mol. The van der Waals surface area contributed by atoms with Crippen molar-refractivity contribution < 1.29 is 13.9 Å². The highest BCUT2D eigenvalue weighted by molar-refractivity contribution is 6.01. The van der Waals surface area contributed by atoms with E-state index < -0.39 is 0 Å². The number of benzene rings is 2. The lowest BCUT2D eigenvalue weighted by Gasteiger charge is -2.37. The third-order valence-corrected chi connectivity index (χ3v) is 4.69. The summed E-state index contributed by atoms with van der Waals surface area (Å²) in [7, 11) is 0. The van der Waals surface area contributed by atoms with Crippen LogP contribution in [0.2, 0.25) is 0 Å². The molecule has 1 amide bonds. The molecule has 5 nitrogen and oxygen atoms in total. The molecule has 0 saturated carbocycles. The van der Waals surface area contributed by atoms with Crippen molar-refractivity contribution in [2.24, 2.45) is 5.92 Å². The van der Waals surface area contributed by atoms with E-state index in [1.165, 1.54) is 0 Å². The highest BCUT2D eigenvalue weighted by atomic mass is 16.5. The van der Waals surface area contributed by atoms with E-state index in [0.717, 1.165) is 22.8 Å². The van der Waals surface area contributed by atoms with Crippen LogP contribution in [0, 0.1) is 5.92 Å². The van der Waals surface area contributed by atoms with Crippen LogP contribution in [0.4, 0.5) is 5.69 Å². The van der Waals surface area contributed by atoms with Gasteiger partial charge in [0.25, 0.3) is 5.91 Å². The molecule has 0 spiro atoms. The molecule has 1 aliphatic rings. The van der Waals surface area contributed by atoms with E-state index in [2.05, 4.69) is 19.2 Å². The van der Waals surface area contributed by atoms with Crippen molar-refractivity contribution in [1.29, 1.82) is 0 Å². The minimum Gasteiger partial charge on any atom is -0.493 e. The molecule has 1 aliphatic heterocycles. The van der Waals surface area contributed by atoms with E-state index in [0.29, 0.717) is 24.6 Å². The van der Waals surface area contributed by atoms with Crippen LogP contribution in [0.5, 0.6) is 5.75 Å². The molecular weight excluding hydrogens is 352 g/mol. The molecule has 2 heterocycles. The Kier molecular flexibility index (Phi) is 5.06. The van der Waals surface area contributed by atoms with Gasteiger partial charge in [-0.15, -0.1) is 0 Å². The quantitative estimate of drug-likeness (QED) is 0.652. The fourth-order valence-electron chi connectivity index (χ4n) is 3.33. The van der Waals surface area contributed by atoms with E-state index in [4.69, 9.17) is 9.15 Å². The maximum absolute atomic E-state index is 13.2. The van der Waals surface area contributed by atoms with Gasteiger partial charge in [0.1, 0.15) is 17.7 Å². The summed E-state index contributed by atoms with van der Waals surface area (Å²) >= 11 is 0. The van der Waals surface area contributed by atoms with Gasteiger partial charge in [-0.3, -0.25) is 4.79 Å². The van der Waals surface area contributed by atoms with Gasteiger partial charge in [-0.2, -0.15) is 0 Å². The van der Waals surface area contributed by atoms with Gasteiger partial charge < -0.3 is 19.4 Å². The molecular formula is C23H24N2O3. The summed E-state index contributed by atoms with van der Waals surface area (Å²) < 4.78 is 11.4. The molecule has 4 rings (SSSR count). The molecule has 0 radical (unpaired) electrons. The number of amides is 1. The lowest BCUT2D eigenvalue weighted by Crippen LogP contribution is -2.42.